The lowest BCUT2D eigenvalue weighted by Gasteiger charge is -2.41. The third-order valence-electron chi connectivity index (χ3n) is 19.7. The van der Waals surface area contributed by atoms with Crippen molar-refractivity contribution in [2.24, 2.45) is 35.0 Å². The number of ether oxygens (including phenoxy) is 6. The van der Waals surface area contributed by atoms with Crippen LogP contribution in [0.3, 0.4) is 0 Å². The number of aliphatic carboxylic acids is 1. The zero-order chi connectivity index (χ0) is 90.4. The van der Waals surface area contributed by atoms with Crippen LogP contribution in [-0.4, -0.2) is 309 Å². The molecule has 678 valence electrons. The summed E-state index contributed by atoms with van der Waals surface area (Å²) in [7, 11) is 9.65. The van der Waals surface area contributed by atoms with Crippen LogP contribution in [-0.2, 0) is 112 Å². The lowest BCUT2D eigenvalue weighted by Crippen LogP contribution is -2.59. The fourth-order valence-electron chi connectivity index (χ4n) is 13.1. The van der Waals surface area contributed by atoms with Gasteiger partial charge in [0.2, 0.25) is 76.8 Å². The number of methoxy groups -OCH3 is 3. The number of carbonyl (C=O) groups excluding carboxylic acids is 16. The molecule has 1 aromatic rings. The maximum absolute atomic E-state index is 14.6. The summed E-state index contributed by atoms with van der Waals surface area (Å²) in [4.78, 5) is 227. The number of likely N-dealkylation sites (N-methyl/N-ethyl adjacent to an activating group) is 2. The molecule has 0 saturated carbocycles. The van der Waals surface area contributed by atoms with Gasteiger partial charge in [0.25, 0.3) is 0 Å². The Balaban J connectivity index is 1.89. The molecule has 39 nitrogen and oxygen atoms in total. The number of carboxylic acid groups (broad SMARTS) is 1. The van der Waals surface area contributed by atoms with Crippen LogP contribution in [0, 0.1) is 35.0 Å². The van der Waals surface area contributed by atoms with E-state index in [-0.39, 0.29) is 118 Å². The molecule has 120 heavy (non-hydrogen) atoms. The number of esters is 1. The highest BCUT2D eigenvalue weighted by atomic mass is 16.6. The molecular weight excluding hydrogens is 1570 g/mol. The minimum absolute atomic E-state index is 0.00875. The van der Waals surface area contributed by atoms with E-state index in [1.807, 2.05) is 81.3 Å². The van der Waals surface area contributed by atoms with Crippen LogP contribution in [0.15, 0.2) is 30.3 Å². The number of nitrogens with one attached hydrogen (secondary N) is 12. The number of nitrogens with zero attached hydrogens (tertiary/aromatic N) is 3. The molecule has 1 heterocycles. The number of carboxylic acids is 1. The molecule has 13 N–H and O–H groups in total. The second kappa shape index (κ2) is 56.5. The Bertz CT molecular complexity index is 3480. The topological polar surface area (TPSA) is 520 Å². The maximum atomic E-state index is 14.6. The van der Waals surface area contributed by atoms with Gasteiger partial charge in [0.15, 0.2) is 5.78 Å². The van der Waals surface area contributed by atoms with Crippen LogP contribution in [0.5, 0.6) is 0 Å². The summed E-state index contributed by atoms with van der Waals surface area (Å²) >= 11 is 0. The van der Waals surface area contributed by atoms with Crippen molar-refractivity contribution >= 4 is 101 Å². The van der Waals surface area contributed by atoms with Gasteiger partial charge in [-0.3, -0.25) is 72.0 Å². The van der Waals surface area contributed by atoms with E-state index in [4.69, 9.17) is 28.4 Å². The van der Waals surface area contributed by atoms with Crippen LogP contribution < -0.4 is 63.8 Å². The number of rotatable bonds is 58. The summed E-state index contributed by atoms with van der Waals surface area (Å²) < 4.78 is 33.0. The van der Waals surface area contributed by atoms with Crippen molar-refractivity contribution in [1.29, 1.82) is 0 Å². The van der Waals surface area contributed by atoms with Crippen LogP contribution in [0.4, 0.5) is 4.79 Å². The zero-order valence-electron chi connectivity index (χ0n) is 73.0. The molecule has 0 bridgehead atoms. The van der Waals surface area contributed by atoms with Crippen LogP contribution in [0.2, 0.25) is 0 Å². The smallest absolute Gasteiger partial charge is 0.407 e. The van der Waals surface area contributed by atoms with Crippen molar-refractivity contribution in [2.45, 2.75) is 208 Å². The molecule has 1 aliphatic rings. The van der Waals surface area contributed by atoms with Gasteiger partial charge in [-0.25, -0.2) is 14.4 Å². The summed E-state index contributed by atoms with van der Waals surface area (Å²) in [6.07, 6.45) is -2.75. The second-order valence-corrected chi connectivity index (χ2v) is 31.9. The number of alkyl carbamates (subject to hydrolysis) is 1. The van der Waals surface area contributed by atoms with Crippen LogP contribution in [0.1, 0.15) is 152 Å². The molecule has 0 spiro atoms. The molecule has 1 aromatic carbocycles. The quantitative estimate of drug-likeness (QED) is 0.0279. The molecule has 0 aromatic heterocycles. The fourth-order valence-corrected chi connectivity index (χ4v) is 13.1. The minimum atomic E-state index is -1.59. The molecule has 1 aliphatic heterocycles. The third-order valence-corrected chi connectivity index (χ3v) is 19.7. The van der Waals surface area contributed by atoms with Gasteiger partial charge in [-0.05, 0) is 75.4 Å². The highest BCUT2D eigenvalue weighted by Gasteiger charge is 2.44. The van der Waals surface area contributed by atoms with Gasteiger partial charge in [0, 0.05) is 99.6 Å². The first kappa shape index (κ1) is 106. The summed E-state index contributed by atoms with van der Waals surface area (Å²) in [5.41, 5.74) is 0.687. The minimum Gasteiger partial charge on any atom is -0.480 e. The number of hydrogen-bond acceptors (Lipinski definition) is 24. The standard InChI is InChI=1S/C81H135N15O24/c1-18-51(6)71(95(14)77(110)69(49(2)3)93-76(109)70(50(4)5)94(12)13)60(116-16)42-68(105)96-36-22-26-59(96)72(117-17)52(7)73(106)92-58(40-54-24-20-19-21-25-54)75(108)83-32-23-37-119-79(113)53(8)90-63(100)28-27-57(78(111)112)91-64(101)30-34-85-80(114)120-47-55(74(107)84-35-39-115-15)41-56(97)43-86-65(102)45-88-67(104)46-89-66(103)44-87-61(98)29-33-82-62(99)31-38-118-48-81(9,10)11/h19-21,24-25,49-53,55,57-60,69-72H,18,22-23,26-48H2,1-17H3,(H,82,99)(H,83,108)(H,84,107)(H,85,114)(H,86,102)(H,87,98)(H,88,104)(H,89,103)(H,90,100)(H,91,101)(H,92,106)(H,93,109)(H,111,112)/t51-,52+,53?,55?,57?,58-,59-,60+,69?,70-,71-,72+/m0/s1. The predicted octanol–water partition coefficient (Wildman–Crippen LogP) is -0.857. The van der Waals surface area contributed by atoms with Crippen LogP contribution in [0.25, 0.3) is 0 Å². The van der Waals surface area contributed by atoms with E-state index in [2.05, 4.69) is 63.8 Å². The molecular formula is C81H135N15O24. The summed E-state index contributed by atoms with van der Waals surface area (Å²) in [5, 5.41) is 39.8. The van der Waals surface area contributed by atoms with Crippen molar-refractivity contribution < 1.29 is 115 Å². The van der Waals surface area contributed by atoms with Crippen molar-refractivity contribution in [2.75, 3.05) is 134 Å². The van der Waals surface area contributed by atoms with Gasteiger partial charge >= 0.3 is 18.0 Å². The first-order chi connectivity index (χ1) is 56.6. The number of likely N-dealkylation sites (tertiary alicyclic amines) is 1. The van der Waals surface area contributed by atoms with E-state index in [1.165, 1.54) is 28.3 Å². The van der Waals surface area contributed by atoms with Crippen molar-refractivity contribution in [1.82, 2.24) is 78.5 Å². The van der Waals surface area contributed by atoms with E-state index in [0.29, 0.717) is 32.4 Å². The van der Waals surface area contributed by atoms with E-state index in [0.717, 1.165) is 5.56 Å². The van der Waals surface area contributed by atoms with Gasteiger partial charge in [0.05, 0.1) is 101 Å². The second-order valence-electron chi connectivity index (χ2n) is 31.9. The van der Waals surface area contributed by atoms with Gasteiger partial charge in [-0.15, -0.1) is 0 Å². The molecule has 2 rings (SSSR count). The number of benzene rings is 1. The summed E-state index contributed by atoms with van der Waals surface area (Å²) in [6.45, 7) is 18.2. The van der Waals surface area contributed by atoms with Crippen LogP contribution >= 0.6 is 0 Å². The Hall–Kier alpha value is -9.99. The number of carbonyl (C=O) groups is 17. The van der Waals surface area contributed by atoms with E-state index < -0.39 is 208 Å². The monoisotopic (exact) mass is 1700 g/mol. The molecule has 4 unspecified atom stereocenters. The third kappa shape index (κ3) is 41.3. The number of Topliss-reactive ketones (excluding diaryl/α,β-unsaturated/α-hetero) is 1. The maximum Gasteiger partial charge on any atom is 0.407 e. The van der Waals surface area contributed by atoms with Gasteiger partial charge < -0.3 is 107 Å². The molecule has 1 saturated heterocycles. The Morgan fingerprint density at radius 1 is 0.575 bits per heavy atom. The van der Waals surface area contributed by atoms with Gasteiger partial charge in [-0.2, -0.15) is 0 Å². The number of ketones is 1. The highest BCUT2D eigenvalue weighted by molar-refractivity contribution is 5.94. The Morgan fingerprint density at radius 2 is 1.17 bits per heavy atom. The van der Waals surface area contributed by atoms with E-state index in [9.17, 15) is 86.6 Å². The van der Waals surface area contributed by atoms with Gasteiger partial charge in [0.1, 0.15) is 30.8 Å². The first-order valence-electron chi connectivity index (χ1n) is 40.9. The lowest BCUT2D eigenvalue weighted by atomic mass is 9.89. The lowest BCUT2D eigenvalue weighted by molar-refractivity contribution is -0.148. The summed E-state index contributed by atoms with van der Waals surface area (Å²) in [6, 6.07) is 2.65. The first-order valence-corrected chi connectivity index (χ1v) is 40.9. The number of amides is 14. The van der Waals surface area contributed by atoms with E-state index in [1.54, 1.807) is 54.1 Å². The fraction of sp³-hybridized carbons (Fsp3) is 0.716. The Morgan fingerprint density at radius 3 is 1.74 bits per heavy atom. The molecule has 39 heteroatoms. The molecule has 1 fully saturated rings. The van der Waals surface area contributed by atoms with E-state index >= 15 is 0 Å². The molecule has 14 amide bonds. The average molecular weight is 1700 g/mol. The predicted molar refractivity (Wildman–Crippen MR) is 439 cm³/mol. The average Bonchev–Trinajstić information content (AvgIpc) is 1.42. The molecule has 12 atom stereocenters. The molecule has 0 radical (unpaired) electrons. The van der Waals surface area contributed by atoms with Crippen molar-refractivity contribution in [3.05, 3.63) is 35.9 Å². The van der Waals surface area contributed by atoms with Gasteiger partial charge in [-0.1, -0.05) is 106 Å². The SMILES string of the molecule is CC[C@H](C)[C@@H]([C@@H](CC(=O)N1CCC[C@H]1[C@H](OC)[C@@H](C)C(=O)N[C@@H](Cc1ccccc1)C(=O)NCCCOC(=O)C(C)NC(=O)CCC(NC(=O)CCNC(=O)OCC(CC(=O)CNC(=O)CNC(=O)CNC(=O)CNC(=O)CCNC(=O)CCOCC(C)(C)C)C(=O)NCCOC)C(=O)O)OC)N(C)C(=O)C(NC(=O)[C@H](C(C)C)N(C)C)C(C)C. The largest absolute Gasteiger partial charge is 0.480 e. The zero-order valence-corrected chi connectivity index (χ0v) is 73.0. The van der Waals surface area contributed by atoms with Crippen molar-refractivity contribution in [3.8, 4) is 0 Å². The summed E-state index contributed by atoms with van der Waals surface area (Å²) in [5.74, 6) is -13.1. The Labute approximate surface area is 704 Å². The highest BCUT2D eigenvalue weighted by Crippen LogP contribution is 2.30. The Kier molecular flexibility index (Phi) is 50.0. The number of hydrogen-bond donors (Lipinski definition) is 13. The molecule has 0 aliphatic carbocycles. The normalized spacial score (nSPS) is 15.4. The van der Waals surface area contributed by atoms with Crippen molar-refractivity contribution in [3.63, 3.8) is 0 Å².